The SMILES string of the molecule is C[C@]12CC[C@H](O[C@@H]3O[C@H](C(=O)O)[C@@H](O)[C@H](O)[C@@H]3O)CC1=CC[C@H]1[C@H]2CC[C@]2(C)C(=O)CC[C@H]12. The van der Waals surface area contributed by atoms with Crippen molar-refractivity contribution in [3.63, 3.8) is 0 Å². The van der Waals surface area contributed by atoms with Crippen LogP contribution in [0.1, 0.15) is 65.2 Å². The number of allylic oxidation sites excluding steroid dienone is 1. The summed E-state index contributed by atoms with van der Waals surface area (Å²) in [5.74, 6) is 0.596. The highest BCUT2D eigenvalue weighted by molar-refractivity contribution is 5.87. The standard InChI is InChI=1S/C25H36O8/c1-24-9-7-13(32-23-20(29)18(27)19(28)21(33-23)22(30)31)11-12(24)3-4-14-15-5-6-17(26)25(15,2)10-8-16(14)24/h3,13-16,18-21,23,27-29H,4-11H2,1-2H3,(H,30,31)/t13-,14+,15+,16+,18-,19-,20-,21-,23+,24-,25-/m0/s1. The number of Topliss-reactive ketones (excluding diaryl/α,β-unsaturated/α-hetero) is 1. The first-order chi connectivity index (χ1) is 15.6. The summed E-state index contributed by atoms with van der Waals surface area (Å²) in [6, 6.07) is 0. The number of ketones is 1. The van der Waals surface area contributed by atoms with Gasteiger partial charge >= 0.3 is 5.97 Å². The van der Waals surface area contributed by atoms with Gasteiger partial charge in [0.2, 0.25) is 0 Å². The lowest BCUT2D eigenvalue weighted by atomic mass is 9.48. The van der Waals surface area contributed by atoms with Gasteiger partial charge in [0.15, 0.2) is 12.4 Å². The molecule has 4 aliphatic carbocycles. The van der Waals surface area contributed by atoms with E-state index in [-0.39, 0.29) is 16.9 Å². The lowest BCUT2D eigenvalue weighted by molar-refractivity contribution is -0.306. The van der Waals surface area contributed by atoms with Crippen LogP contribution in [0.2, 0.25) is 0 Å². The molecule has 11 atom stereocenters. The Balaban J connectivity index is 1.30. The monoisotopic (exact) mass is 464 g/mol. The highest BCUT2D eigenvalue weighted by atomic mass is 16.7. The maximum atomic E-state index is 12.6. The van der Waals surface area contributed by atoms with Gasteiger partial charge in [-0.1, -0.05) is 25.5 Å². The summed E-state index contributed by atoms with van der Waals surface area (Å²) in [5, 5.41) is 39.6. The number of aliphatic hydroxyl groups is 3. The second-order valence-corrected chi connectivity index (χ2v) is 11.4. The molecule has 33 heavy (non-hydrogen) atoms. The van der Waals surface area contributed by atoms with E-state index < -0.39 is 36.7 Å². The number of aliphatic carboxylic acids is 1. The van der Waals surface area contributed by atoms with Gasteiger partial charge in [-0.05, 0) is 68.1 Å². The van der Waals surface area contributed by atoms with E-state index >= 15 is 0 Å². The third kappa shape index (κ3) is 3.52. The number of fused-ring (bicyclic) bond motifs is 5. The highest BCUT2D eigenvalue weighted by Crippen LogP contribution is 2.64. The third-order valence-electron chi connectivity index (χ3n) is 9.91. The minimum atomic E-state index is -1.72. The van der Waals surface area contributed by atoms with Gasteiger partial charge in [0.1, 0.15) is 24.1 Å². The number of carboxylic acid groups (broad SMARTS) is 1. The Morgan fingerprint density at radius 2 is 1.73 bits per heavy atom. The molecule has 8 heteroatoms. The van der Waals surface area contributed by atoms with E-state index in [9.17, 15) is 30.0 Å². The summed E-state index contributed by atoms with van der Waals surface area (Å²) in [4.78, 5) is 24.0. The molecule has 0 bridgehead atoms. The van der Waals surface area contributed by atoms with Crippen molar-refractivity contribution in [1.82, 2.24) is 0 Å². The molecule has 4 N–H and O–H groups in total. The zero-order valence-corrected chi connectivity index (χ0v) is 19.4. The molecule has 0 radical (unpaired) electrons. The fraction of sp³-hybridized carbons (Fsp3) is 0.840. The van der Waals surface area contributed by atoms with Gasteiger partial charge < -0.3 is 29.9 Å². The molecule has 0 spiro atoms. The van der Waals surface area contributed by atoms with E-state index in [4.69, 9.17) is 9.47 Å². The molecule has 5 aliphatic rings. The lowest BCUT2D eigenvalue weighted by Gasteiger charge is -2.57. The Bertz CT molecular complexity index is 855. The van der Waals surface area contributed by atoms with Crippen LogP contribution in [-0.2, 0) is 19.1 Å². The molecule has 1 saturated heterocycles. The average molecular weight is 465 g/mol. The summed E-state index contributed by atoms with van der Waals surface area (Å²) in [7, 11) is 0. The van der Waals surface area contributed by atoms with Crippen LogP contribution in [0.15, 0.2) is 11.6 Å². The molecule has 0 aromatic rings. The van der Waals surface area contributed by atoms with E-state index in [1.54, 1.807) is 0 Å². The van der Waals surface area contributed by atoms with Crippen molar-refractivity contribution in [2.75, 3.05) is 0 Å². The summed E-state index contributed by atoms with van der Waals surface area (Å²) in [6.07, 6.45) is 1.28. The van der Waals surface area contributed by atoms with Crippen LogP contribution in [0.3, 0.4) is 0 Å². The van der Waals surface area contributed by atoms with Crippen molar-refractivity contribution in [3.05, 3.63) is 11.6 Å². The second kappa shape index (κ2) is 8.12. The molecule has 8 nitrogen and oxygen atoms in total. The first-order valence-electron chi connectivity index (χ1n) is 12.4. The van der Waals surface area contributed by atoms with Crippen LogP contribution in [0.4, 0.5) is 0 Å². The maximum Gasteiger partial charge on any atom is 0.335 e. The van der Waals surface area contributed by atoms with Crippen LogP contribution in [-0.4, -0.2) is 69.0 Å². The Kier molecular flexibility index (Phi) is 5.77. The smallest absolute Gasteiger partial charge is 0.335 e. The van der Waals surface area contributed by atoms with Crippen molar-refractivity contribution in [2.45, 2.75) is 102 Å². The topological polar surface area (TPSA) is 134 Å². The number of ether oxygens (including phenoxy) is 2. The quantitative estimate of drug-likeness (QED) is 0.465. The molecular weight excluding hydrogens is 428 g/mol. The Morgan fingerprint density at radius 1 is 1.03 bits per heavy atom. The van der Waals surface area contributed by atoms with Crippen molar-refractivity contribution in [1.29, 1.82) is 0 Å². The summed E-state index contributed by atoms with van der Waals surface area (Å²) < 4.78 is 11.3. The van der Waals surface area contributed by atoms with Crippen LogP contribution in [0.25, 0.3) is 0 Å². The first kappa shape index (κ1) is 23.4. The number of carbonyl (C=O) groups is 2. The Labute approximate surface area is 194 Å². The van der Waals surface area contributed by atoms with E-state index in [1.807, 2.05) is 0 Å². The van der Waals surface area contributed by atoms with Gasteiger partial charge in [-0.3, -0.25) is 4.79 Å². The van der Waals surface area contributed by atoms with E-state index in [0.29, 0.717) is 30.0 Å². The minimum Gasteiger partial charge on any atom is -0.479 e. The molecule has 1 heterocycles. The van der Waals surface area contributed by atoms with E-state index in [2.05, 4.69) is 19.9 Å². The fourth-order valence-corrected chi connectivity index (χ4v) is 7.87. The van der Waals surface area contributed by atoms with Crippen molar-refractivity contribution < 1.29 is 39.5 Å². The van der Waals surface area contributed by atoms with Crippen LogP contribution in [0, 0.1) is 28.6 Å². The molecule has 3 saturated carbocycles. The van der Waals surface area contributed by atoms with Crippen LogP contribution in [0.5, 0.6) is 0 Å². The number of carbonyl (C=O) groups excluding carboxylic acids is 1. The van der Waals surface area contributed by atoms with E-state index in [0.717, 1.165) is 44.9 Å². The number of hydrogen-bond donors (Lipinski definition) is 4. The molecule has 0 aromatic carbocycles. The highest BCUT2D eigenvalue weighted by Gasteiger charge is 2.59. The van der Waals surface area contributed by atoms with Crippen LogP contribution >= 0.6 is 0 Å². The average Bonchev–Trinajstić information content (AvgIpc) is 3.08. The molecule has 0 amide bonds. The molecule has 1 aliphatic heterocycles. The first-order valence-corrected chi connectivity index (χ1v) is 12.4. The van der Waals surface area contributed by atoms with Gasteiger partial charge in [-0.2, -0.15) is 0 Å². The number of rotatable bonds is 3. The molecule has 0 aromatic heterocycles. The second-order valence-electron chi connectivity index (χ2n) is 11.4. The zero-order chi connectivity index (χ0) is 23.7. The summed E-state index contributed by atoms with van der Waals surface area (Å²) in [5.41, 5.74) is 1.25. The predicted octanol–water partition coefficient (Wildman–Crippen LogP) is 1.80. The van der Waals surface area contributed by atoms with Gasteiger partial charge in [-0.15, -0.1) is 0 Å². The predicted molar refractivity (Wildman–Crippen MR) is 116 cm³/mol. The Morgan fingerprint density at radius 3 is 2.45 bits per heavy atom. The number of aliphatic hydroxyl groups excluding tert-OH is 3. The molecular formula is C25H36O8. The van der Waals surface area contributed by atoms with E-state index in [1.165, 1.54) is 5.57 Å². The molecule has 4 fully saturated rings. The molecule has 0 unspecified atom stereocenters. The minimum absolute atomic E-state index is 0.0566. The van der Waals surface area contributed by atoms with Crippen molar-refractivity contribution in [2.24, 2.45) is 28.6 Å². The summed E-state index contributed by atoms with van der Waals surface area (Å²) in [6.45, 7) is 4.53. The van der Waals surface area contributed by atoms with Gasteiger partial charge in [-0.25, -0.2) is 4.79 Å². The number of carboxylic acids is 1. The van der Waals surface area contributed by atoms with Gasteiger partial charge in [0.25, 0.3) is 0 Å². The Hall–Kier alpha value is -1.32. The third-order valence-corrected chi connectivity index (χ3v) is 9.91. The number of hydrogen-bond acceptors (Lipinski definition) is 7. The summed E-state index contributed by atoms with van der Waals surface area (Å²) >= 11 is 0. The van der Waals surface area contributed by atoms with Gasteiger partial charge in [0.05, 0.1) is 6.10 Å². The normalized spacial score (nSPS) is 51.8. The molecule has 5 rings (SSSR count). The molecule has 184 valence electrons. The van der Waals surface area contributed by atoms with Crippen molar-refractivity contribution >= 4 is 11.8 Å². The van der Waals surface area contributed by atoms with Crippen LogP contribution < -0.4 is 0 Å². The van der Waals surface area contributed by atoms with Crippen molar-refractivity contribution in [3.8, 4) is 0 Å². The van der Waals surface area contributed by atoms with Gasteiger partial charge in [0, 0.05) is 11.8 Å². The fourth-order valence-electron chi connectivity index (χ4n) is 7.87. The largest absolute Gasteiger partial charge is 0.479 e. The maximum absolute atomic E-state index is 12.6. The zero-order valence-electron chi connectivity index (χ0n) is 19.4. The lowest BCUT2D eigenvalue weighted by Crippen LogP contribution is -2.61.